The van der Waals surface area contributed by atoms with Gasteiger partial charge in [-0.05, 0) is 59.9 Å². The minimum atomic E-state index is -3.65. The molecule has 6 heteroatoms. The van der Waals surface area contributed by atoms with Gasteiger partial charge in [0.05, 0.1) is 11.9 Å². The Bertz CT molecular complexity index is 1170. The summed E-state index contributed by atoms with van der Waals surface area (Å²) >= 11 is 0. The number of hydrogen-bond acceptors (Lipinski definition) is 3. The lowest BCUT2D eigenvalue weighted by Crippen LogP contribution is -2.49. The van der Waals surface area contributed by atoms with Crippen LogP contribution in [0.25, 0.3) is 10.8 Å². The SMILES string of the molecule is CCC(C(=O)NCc1cccc2ccccc12)N(c1ccc(C)c(C)c1)S(C)(=O)=O. The molecule has 158 valence electrons. The third-order valence-corrected chi connectivity index (χ3v) is 6.59. The number of nitrogens with zero attached hydrogens (tertiary/aromatic N) is 1. The van der Waals surface area contributed by atoms with Gasteiger partial charge < -0.3 is 5.32 Å². The smallest absolute Gasteiger partial charge is 0.244 e. The van der Waals surface area contributed by atoms with E-state index in [4.69, 9.17) is 0 Å². The quantitative estimate of drug-likeness (QED) is 0.614. The van der Waals surface area contributed by atoms with Crippen molar-refractivity contribution in [3.63, 3.8) is 0 Å². The van der Waals surface area contributed by atoms with E-state index in [1.165, 1.54) is 4.31 Å². The van der Waals surface area contributed by atoms with Gasteiger partial charge in [0.25, 0.3) is 0 Å². The Balaban J connectivity index is 1.88. The first-order valence-electron chi connectivity index (χ1n) is 10.0. The Labute approximate surface area is 178 Å². The van der Waals surface area contributed by atoms with Crippen LogP contribution in [0.15, 0.2) is 60.7 Å². The molecule has 0 aromatic heterocycles. The maximum Gasteiger partial charge on any atom is 0.244 e. The van der Waals surface area contributed by atoms with Crippen molar-refractivity contribution in [2.45, 2.75) is 39.8 Å². The topological polar surface area (TPSA) is 66.5 Å². The molecule has 1 amide bonds. The van der Waals surface area contributed by atoms with E-state index in [0.717, 1.165) is 33.7 Å². The van der Waals surface area contributed by atoms with Gasteiger partial charge in [-0.25, -0.2) is 8.42 Å². The number of carbonyl (C=O) groups is 1. The van der Waals surface area contributed by atoms with E-state index in [1.54, 1.807) is 6.07 Å². The molecule has 0 heterocycles. The van der Waals surface area contributed by atoms with Crippen molar-refractivity contribution in [1.29, 1.82) is 0 Å². The van der Waals surface area contributed by atoms with Gasteiger partial charge in [-0.15, -0.1) is 0 Å². The average Bonchev–Trinajstić information content (AvgIpc) is 2.71. The van der Waals surface area contributed by atoms with Crippen molar-refractivity contribution in [2.75, 3.05) is 10.6 Å². The maximum absolute atomic E-state index is 13.1. The highest BCUT2D eigenvalue weighted by molar-refractivity contribution is 7.92. The normalized spacial score (nSPS) is 12.5. The molecule has 1 N–H and O–H groups in total. The van der Waals surface area contributed by atoms with Crippen LogP contribution in [0.4, 0.5) is 5.69 Å². The number of sulfonamides is 1. The second kappa shape index (κ2) is 8.88. The molecular weight excluding hydrogens is 396 g/mol. The van der Waals surface area contributed by atoms with E-state index in [2.05, 4.69) is 5.32 Å². The molecule has 0 saturated carbocycles. The predicted octanol–water partition coefficient (Wildman–Crippen LogP) is 4.32. The molecule has 1 atom stereocenters. The molecule has 3 rings (SSSR count). The summed E-state index contributed by atoms with van der Waals surface area (Å²) in [5.41, 5.74) is 3.55. The van der Waals surface area contributed by atoms with E-state index in [0.29, 0.717) is 18.7 Å². The van der Waals surface area contributed by atoms with Crippen LogP contribution in [0.3, 0.4) is 0 Å². The zero-order valence-electron chi connectivity index (χ0n) is 17.8. The van der Waals surface area contributed by atoms with Crippen molar-refractivity contribution >= 4 is 32.4 Å². The molecule has 0 aliphatic rings. The first kappa shape index (κ1) is 21.8. The summed E-state index contributed by atoms with van der Waals surface area (Å²) in [4.78, 5) is 13.1. The van der Waals surface area contributed by atoms with E-state index in [-0.39, 0.29) is 5.91 Å². The lowest BCUT2D eigenvalue weighted by Gasteiger charge is -2.30. The number of benzene rings is 3. The lowest BCUT2D eigenvalue weighted by molar-refractivity contribution is -0.122. The van der Waals surface area contributed by atoms with Crippen LogP contribution in [0.1, 0.15) is 30.0 Å². The summed E-state index contributed by atoms with van der Waals surface area (Å²) in [6.45, 7) is 6.06. The number of fused-ring (bicyclic) bond motifs is 1. The van der Waals surface area contributed by atoms with E-state index in [9.17, 15) is 13.2 Å². The molecule has 0 radical (unpaired) electrons. The van der Waals surface area contributed by atoms with Crippen molar-refractivity contribution < 1.29 is 13.2 Å². The number of anilines is 1. The lowest BCUT2D eigenvalue weighted by atomic mass is 10.0. The molecule has 3 aromatic rings. The number of carbonyl (C=O) groups excluding carboxylic acids is 1. The molecule has 1 unspecified atom stereocenters. The number of amides is 1. The molecule has 5 nitrogen and oxygen atoms in total. The second-order valence-electron chi connectivity index (χ2n) is 7.61. The maximum atomic E-state index is 13.1. The van der Waals surface area contributed by atoms with Gasteiger partial charge in [-0.2, -0.15) is 0 Å². The molecule has 30 heavy (non-hydrogen) atoms. The minimum absolute atomic E-state index is 0.311. The molecule has 0 aliphatic carbocycles. The Kier molecular flexibility index (Phi) is 6.46. The summed E-state index contributed by atoms with van der Waals surface area (Å²) in [5, 5.41) is 5.12. The van der Waals surface area contributed by atoms with E-state index in [1.807, 2.05) is 75.4 Å². The summed E-state index contributed by atoms with van der Waals surface area (Å²) in [6, 6.07) is 18.6. The van der Waals surface area contributed by atoms with Crippen LogP contribution in [-0.2, 0) is 21.4 Å². The molecule has 0 bridgehead atoms. The molecule has 0 aliphatic heterocycles. The third kappa shape index (κ3) is 4.65. The van der Waals surface area contributed by atoms with Gasteiger partial charge in [-0.1, -0.05) is 55.5 Å². The molecule has 0 fully saturated rings. The van der Waals surface area contributed by atoms with Crippen molar-refractivity contribution in [3.8, 4) is 0 Å². The summed E-state index contributed by atoms with van der Waals surface area (Å²) in [7, 11) is -3.65. The van der Waals surface area contributed by atoms with Crippen LogP contribution < -0.4 is 9.62 Å². The molecule has 3 aromatic carbocycles. The van der Waals surface area contributed by atoms with Gasteiger partial charge in [0.15, 0.2) is 0 Å². The highest BCUT2D eigenvalue weighted by Gasteiger charge is 2.31. The van der Waals surface area contributed by atoms with Gasteiger partial charge in [0.1, 0.15) is 6.04 Å². The Hall–Kier alpha value is -2.86. The zero-order valence-corrected chi connectivity index (χ0v) is 18.7. The monoisotopic (exact) mass is 424 g/mol. The van der Waals surface area contributed by atoms with Crippen molar-refractivity contribution in [2.24, 2.45) is 0 Å². The Morgan fingerprint density at radius 1 is 1.00 bits per heavy atom. The largest absolute Gasteiger partial charge is 0.350 e. The number of hydrogen-bond donors (Lipinski definition) is 1. The third-order valence-electron chi connectivity index (χ3n) is 5.41. The van der Waals surface area contributed by atoms with Crippen LogP contribution in [0, 0.1) is 13.8 Å². The van der Waals surface area contributed by atoms with Crippen molar-refractivity contribution in [1.82, 2.24) is 5.32 Å². The highest BCUT2D eigenvalue weighted by Crippen LogP contribution is 2.25. The summed E-state index contributed by atoms with van der Waals surface area (Å²) in [5.74, 6) is -0.311. The van der Waals surface area contributed by atoms with Gasteiger partial charge >= 0.3 is 0 Å². The fraction of sp³-hybridized carbons (Fsp3) is 0.292. The summed E-state index contributed by atoms with van der Waals surface area (Å²) < 4.78 is 26.5. The zero-order chi connectivity index (χ0) is 21.9. The fourth-order valence-corrected chi connectivity index (χ4v) is 4.87. The first-order chi connectivity index (χ1) is 14.2. The highest BCUT2D eigenvalue weighted by atomic mass is 32.2. The molecule has 0 saturated heterocycles. The Morgan fingerprint density at radius 2 is 1.70 bits per heavy atom. The first-order valence-corrected chi connectivity index (χ1v) is 11.9. The Morgan fingerprint density at radius 3 is 2.37 bits per heavy atom. The van der Waals surface area contributed by atoms with Crippen molar-refractivity contribution in [3.05, 3.63) is 77.4 Å². The molecule has 0 spiro atoms. The van der Waals surface area contributed by atoms with Gasteiger partial charge in [-0.3, -0.25) is 9.10 Å². The second-order valence-corrected chi connectivity index (χ2v) is 9.47. The predicted molar refractivity (Wildman–Crippen MR) is 123 cm³/mol. The summed E-state index contributed by atoms with van der Waals surface area (Å²) in [6.07, 6.45) is 1.50. The fourth-order valence-electron chi connectivity index (χ4n) is 3.67. The van der Waals surface area contributed by atoms with Gasteiger partial charge in [0, 0.05) is 6.54 Å². The van der Waals surface area contributed by atoms with E-state index >= 15 is 0 Å². The standard InChI is InChI=1S/C24H28N2O3S/c1-5-23(26(30(4,28)29)21-14-13-17(2)18(3)15-21)24(27)25-16-20-11-8-10-19-9-6-7-12-22(19)20/h6-15,23H,5,16H2,1-4H3,(H,25,27). The average molecular weight is 425 g/mol. The minimum Gasteiger partial charge on any atom is -0.350 e. The number of nitrogens with one attached hydrogen (secondary N) is 1. The van der Waals surface area contributed by atoms with Gasteiger partial charge in [0.2, 0.25) is 15.9 Å². The van der Waals surface area contributed by atoms with Crippen LogP contribution in [0.5, 0.6) is 0 Å². The number of aryl methyl sites for hydroxylation is 2. The van der Waals surface area contributed by atoms with Crippen LogP contribution in [0.2, 0.25) is 0 Å². The van der Waals surface area contributed by atoms with Crippen LogP contribution in [-0.4, -0.2) is 26.6 Å². The number of rotatable bonds is 7. The van der Waals surface area contributed by atoms with E-state index < -0.39 is 16.1 Å². The van der Waals surface area contributed by atoms with Crippen LogP contribution >= 0.6 is 0 Å². The molecular formula is C24H28N2O3S.